The fourth-order valence-electron chi connectivity index (χ4n) is 0.200. The first kappa shape index (κ1) is 3.80. The van der Waals surface area contributed by atoms with Crippen LogP contribution < -0.4 is 0 Å². The minimum absolute atomic E-state index is 0.171. The molecule has 32 valence electrons. The van der Waals surface area contributed by atoms with Gasteiger partial charge >= 0.3 is 5.24 Å². The van der Waals surface area contributed by atoms with Crippen LogP contribution in [-0.4, -0.2) is 11.1 Å². The zero-order valence-corrected chi connectivity index (χ0v) is 3.73. The lowest BCUT2D eigenvalue weighted by Crippen LogP contribution is -1.67. The van der Waals surface area contributed by atoms with Gasteiger partial charge in [-0.2, -0.15) is 5.11 Å². The molecular weight excluding hydrogens is 100 g/mol. The Balaban J connectivity index is 2.59. The first-order valence-electron chi connectivity index (χ1n) is 1.44. The van der Waals surface area contributed by atoms with Gasteiger partial charge in [0.2, 0.25) is 0 Å². The smallest absolute Gasteiger partial charge is 0.258 e. The van der Waals surface area contributed by atoms with E-state index in [0.29, 0.717) is 5.88 Å². The molecule has 0 radical (unpaired) electrons. The molecule has 0 aromatic carbocycles. The molecule has 0 unspecified atom stereocenters. The fourth-order valence-corrected chi connectivity index (χ4v) is 0.541. The maximum absolute atomic E-state index is 9.95. The molecule has 6 heavy (non-hydrogen) atoms. The largest absolute Gasteiger partial charge is 0.324 e. The van der Waals surface area contributed by atoms with Gasteiger partial charge in [0.05, 0.1) is 0 Å². The summed E-state index contributed by atoms with van der Waals surface area (Å²) in [6.45, 7) is 0. The van der Waals surface area contributed by atoms with Crippen LogP contribution in [0.3, 0.4) is 0 Å². The van der Waals surface area contributed by atoms with E-state index in [1.165, 1.54) is 0 Å². The highest BCUT2D eigenvalue weighted by Crippen LogP contribution is 2.11. The molecule has 1 aliphatic rings. The summed E-state index contributed by atoms with van der Waals surface area (Å²) in [5.41, 5.74) is 0. The third-order valence-electron chi connectivity index (χ3n) is 0.398. The van der Waals surface area contributed by atoms with Crippen molar-refractivity contribution in [2.75, 3.05) is 5.88 Å². The summed E-state index contributed by atoms with van der Waals surface area (Å²) in [5.74, 6) is 0.513. The number of hydrogen-bond acceptors (Lipinski definition) is 3. The maximum Gasteiger partial charge on any atom is 0.324 e. The van der Waals surface area contributed by atoms with E-state index in [2.05, 4.69) is 10.2 Å². The predicted molar refractivity (Wildman–Crippen MR) is 22.7 cm³/mol. The molecule has 1 aliphatic heterocycles. The van der Waals surface area contributed by atoms with Crippen molar-refractivity contribution in [2.24, 2.45) is 10.2 Å². The second kappa shape index (κ2) is 1.38. The van der Waals surface area contributed by atoms with Crippen molar-refractivity contribution >= 4 is 17.0 Å². The Morgan fingerprint density at radius 2 is 2.67 bits per heavy atom. The molecule has 0 spiro atoms. The van der Waals surface area contributed by atoms with Crippen molar-refractivity contribution < 1.29 is 4.79 Å². The van der Waals surface area contributed by atoms with Crippen LogP contribution in [0.1, 0.15) is 0 Å². The lowest BCUT2D eigenvalue weighted by Gasteiger charge is -1.65. The predicted octanol–water partition coefficient (Wildman–Crippen LogP) is 1.26. The highest BCUT2D eigenvalue weighted by atomic mass is 32.2. The number of amides is 1. The van der Waals surface area contributed by atoms with Gasteiger partial charge in [0, 0.05) is 0 Å². The SMILES string of the molecule is O=C1N=NCS1. The molecule has 3 nitrogen and oxygen atoms in total. The van der Waals surface area contributed by atoms with E-state index in [4.69, 9.17) is 0 Å². The second-order valence-corrected chi connectivity index (χ2v) is 1.68. The molecular formula is C2H2N2OS. The third kappa shape index (κ3) is 0.567. The van der Waals surface area contributed by atoms with Gasteiger partial charge in [-0.1, -0.05) is 0 Å². The number of hydrogen-bond donors (Lipinski definition) is 0. The van der Waals surface area contributed by atoms with Crippen LogP contribution in [0.2, 0.25) is 0 Å². The normalized spacial score (nSPS) is 19.7. The van der Waals surface area contributed by atoms with Crippen LogP contribution in [0.15, 0.2) is 10.2 Å². The zero-order valence-electron chi connectivity index (χ0n) is 2.92. The van der Waals surface area contributed by atoms with Gasteiger partial charge in [-0.25, -0.2) is 0 Å². The second-order valence-electron chi connectivity index (χ2n) is 0.781. The van der Waals surface area contributed by atoms with Crippen molar-refractivity contribution in [2.45, 2.75) is 0 Å². The van der Waals surface area contributed by atoms with Crippen LogP contribution in [0.4, 0.5) is 4.79 Å². The zero-order chi connectivity index (χ0) is 4.41. The Labute approximate surface area is 38.8 Å². The Morgan fingerprint density at radius 1 is 1.83 bits per heavy atom. The van der Waals surface area contributed by atoms with Crippen molar-refractivity contribution in [3.8, 4) is 0 Å². The third-order valence-corrected chi connectivity index (χ3v) is 0.971. The van der Waals surface area contributed by atoms with Gasteiger partial charge in [0.25, 0.3) is 0 Å². The molecule has 0 N–H and O–H groups in total. The molecule has 4 heteroatoms. The average Bonchev–Trinajstić information content (AvgIpc) is 1.86. The van der Waals surface area contributed by atoms with E-state index in [-0.39, 0.29) is 5.24 Å². The number of nitrogens with zero attached hydrogens (tertiary/aromatic N) is 2. The number of carbonyl (C=O) groups is 1. The van der Waals surface area contributed by atoms with Gasteiger partial charge in [0.15, 0.2) is 0 Å². The first-order valence-corrected chi connectivity index (χ1v) is 2.42. The van der Waals surface area contributed by atoms with E-state index in [0.717, 1.165) is 11.8 Å². The highest BCUT2D eigenvalue weighted by molar-refractivity contribution is 8.13. The van der Waals surface area contributed by atoms with E-state index in [9.17, 15) is 4.79 Å². The minimum atomic E-state index is -0.171. The fraction of sp³-hybridized carbons (Fsp3) is 0.500. The van der Waals surface area contributed by atoms with Crippen LogP contribution >= 0.6 is 11.8 Å². The van der Waals surface area contributed by atoms with Crippen molar-refractivity contribution in [3.05, 3.63) is 0 Å². The maximum atomic E-state index is 9.95. The minimum Gasteiger partial charge on any atom is -0.258 e. The summed E-state index contributed by atoms with van der Waals surface area (Å²) in [6.07, 6.45) is 0. The lowest BCUT2D eigenvalue weighted by molar-refractivity contribution is 0.267. The van der Waals surface area contributed by atoms with Crippen molar-refractivity contribution in [3.63, 3.8) is 0 Å². The van der Waals surface area contributed by atoms with E-state index in [1.807, 2.05) is 0 Å². The molecule has 0 saturated carbocycles. The molecule has 0 aliphatic carbocycles. The summed E-state index contributed by atoms with van der Waals surface area (Å²) in [5, 5.41) is 6.42. The average molecular weight is 102 g/mol. The Morgan fingerprint density at radius 3 is 2.83 bits per heavy atom. The quantitative estimate of drug-likeness (QED) is 0.462. The molecule has 0 bridgehead atoms. The lowest BCUT2D eigenvalue weighted by atomic mass is 11.4. The molecule has 1 rings (SSSR count). The summed E-state index contributed by atoms with van der Waals surface area (Å²) < 4.78 is 0. The van der Waals surface area contributed by atoms with Crippen molar-refractivity contribution in [1.29, 1.82) is 0 Å². The molecule has 0 fully saturated rings. The highest BCUT2D eigenvalue weighted by Gasteiger charge is 2.03. The monoisotopic (exact) mass is 102 g/mol. The van der Waals surface area contributed by atoms with E-state index >= 15 is 0 Å². The van der Waals surface area contributed by atoms with Crippen LogP contribution in [0.5, 0.6) is 0 Å². The summed E-state index contributed by atoms with van der Waals surface area (Å²) in [4.78, 5) is 9.95. The van der Waals surface area contributed by atoms with E-state index < -0.39 is 0 Å². The summed E-state index contributed by atoms with van der Waals surface area (Å²) in [6, 6.07) is 0. The molecule has 0 atom stereocenters. The first-order chi connectivity index (χ1) is 2.89. The van der Waals surface area contributed by atoms with Gasteiger partial charge in [0.1, 0.15) is 5.88 Å². The van der Waals surface area contributed by atoms with Gasteiger partial charge in [-0.15, -0.1) is 5.11 Å². The molecule has 1 amide bonds. The van der Waals surface area contributed by atoms with Gasteiger partial charge in [-0.05, 0) is 11.8 Å². The van der Waals surface area contributed by atoms with Crippen molar-refractivity contribution in [1.82, 2.24) is 0 Å². The number of rotatable bonds is 0. The summed E-state index contributed by atoms with van der Waals surface area (Å²) in [7, 11) is 0. The molecule has 0 aromatic rings. The van der Waals surface area contributed by atoms with Crippen LogP contribution in [-0.2, 0) is 0 Å². The van der Waals surface area contributed by atoms with E-state index in [1.54, 1.807) is 0 Å². The topological polar surface area (TPSA) is 41.8 Å². The Kier molecular flexibility index (Phi) is 0.874. The molecule has 1 heterocycles. The van der Waals surface area contributed by atoms with Gasteiger partial charge in [-0.3, -0.25) is 4.79 Å². The molecule has 0 aromatic heterocycles. The molecule has 0 saturated heterocycles. The Bertz CT molecular complexity index is 99.7. The number of carbonyl (C=O) groups excluding carboxylic acids is 1. The van der Waals surface area contributed by atoms with Crippen LogP contribution in [0.25, 0.3) is 0 Å². The van der Waals surface area contributed by atoms with Crippen LogP contribution in [0, 0.1) is 0 Å². The summed E-state index contributed by atoms with van der Waals surface area (Å²) >= 11 is 1.12. The standard InChI is InChI=1S/C2H2N2OS/c5-2-4-3-1-6-2/h1H2. The van der Waals surface area contributed by atoms with Gasteiger partial charge < -0.3 is 0 Å². The number of thioether (sulfide) groups is 1. The Hall–Kier alpha value is -0.380. The number of azo groups is 1.